The van der Waals surface area contributed by atoms with Crippen molar-refractivity contribution in [1.82, 2.24) is 14.1 Å². The van der Waals surface area contributed by atoms with E-state index < -0.39 is 0 Å². The Morgan fingerprint density at radius 1 is 1.47 bits per heavy atom. The minimum atomic E-state index is 0.387. The zero-order chi connectivity index (χ0) is 12.3. The molecule has 1 atom stereocenters. The lowest BCUT2D eigenvalue weighted by atomic mass is 10.0. The second kappa shape index (κ2) is 9.31. The van der Waals surface area contributed by atoms with Crippen LogP contribution in [0.3, 0.4) is 0 Å². The molecule has 0 radical (unpaired) electrons. The first-order chi connectivity index (χ1) is 8.38. The molecule has 0 aliphatic carbocycles. The van der Waals surface area contributed by atoms with E-state index in [1.54, 1.807) is 0 Å². The standard InChI is InChI=1S/C13H23N3S/c1-3-5-6-7-8-9-12(14-10-4-2)13-11-15-17-16-13/h3,11-12,14H,1,4-10H2,2H3. The lowest BCUT2D eigenvalue weighted by Gasteiger charge is -2.15. The van der Waals surface area contributed by atoms with Gasteiger partial charge in [-0.1, -0.05) is 25.8 Å². The van der Waals surface area contributed by atoms with Crippen molar-refractivity contribution in [3.8, 4) is 0 Å². The van der Waals surface area contributed by atoms with Crippen LogP contribution < -0.4 is 5.32 Å². The fraction of sp³-hybridized carbons (Fsp3) is 0.692. The van der Waals surface area contributed by atoms with Gasteiger partial charge in [0.1, 0.15) is 0 Å². The molecular weight excluding hydrogens is 230 g/mol. The molecule has 4 heteroatoms. The van der Waals surface area contributed by atoms with Crippen molar-refractivity contribution in [2.24, 2.45) is 0 Å². The van der Waals surface area contributed by atoms with Gasteiger partial charge in [-0.25, -0.2) is 0 Å². The first kappa shape index (κ1) is 14.3. The van der Waals surface area contributed by atoms with Gasteiger partial charge in [0, 0.05) is 0 Å². The zero-order valence-corrected chi connectivity index (χ0v) is 11.5. The van der Waals surface area contributed by atoms with Gasteiger partial charge < -0.3 is 5.32 Å². The van der Waals surface area contributed by atoms with Crippen LogP contribution in [0, 0.1) is 0 Å². The third kappa shape index (κ3) is 5.94. The largest absolute Gasteiger partial charge is 0.309 e. The summed E-state index contributed by atoms with van der Waals surface area (Å²) in [7, 11) is 0. The number of unbranched alkanes of at least 4 members (excludes halogenated alkanes) is 3. The molecule has 1 rings (SSSR count). The minimum absolute atomic E-state index is 0.387. The van der Waals surface area contributed by atoms with Crippen LogP contribution in [0.15, 0.2) is 18.9 Å². The topological polar surface area (TPSA) is 37.8 Å². The molecule has 3 nitrogen and oxygen atoms in total. The van der Waals surface area contributed by atoms with Crippen molar-refractivity contribution in [3.05, 3.63) is 24.5 Å². The third-order valence-corrected chi connectivity index (χ3v) is 3.27. The molecule has 17 heavy (non-hydrogen) atoms. The summed E-state index contributed by atoms with van der Waals surface area (Å²) in [5.74, 6) is 0. The number of aromatic nitrogens is 2. The van der Waals surface area contributed by atoms with Crippen LogP contribution in [0.5, 0.6) is 0 Å². The predicted molar refractivity (Wildman–Crippen MR) is 74.2 cm³/mol. The molecule has 0 aliphatic heterocycles. The molecule has 0 saturated heterocycles. The zero-order valence-electron chi connectivity index (χ0n) is 10.7. The highest BCUT2D eigenvalue weighted by Gasteiger charge is 2.12. The van der Waals surface area contributed by atoms with Gasteiger partial charge in [0.15, 0.2) is 0 Å². The normalized spacial score (nSPS) is 12.5. The monoisotopic (exact) mass is 253 g/mol. The molecule has 0 amide bonds. The van der Waals surface area contributed by atoms with Gasteiger partial charge in [0.25, 0.3) is 0 Å². The summed E-state index contributed by atoms with van der Waals surface area (Å²) < 4.78 is 8.42. The maximum absolute atomic E-state index is 4.34. The summed E-state index contributed by atoms with van der Waals surface area (Å²) in [6, 6.07) is 0.387. The second-order valence-corrected chi connectivity index (χ2v) is 4.82. The summed E-state index contributed by atoms with van der Waals surface area (Å²) in [6.45, 7) is 6.98. The number of hydrogen-bond donors (Lipinski definition) is 1. The van der Waals surface area contributed by atoms with E-state index in [0.717, 1.165) is 31.5 Å². The Morgan fingerprint density at radius 3 is 3.00 bits per heavy atom. The van der Waals surface area contributed by atoms with Crippen LogP contribution in [-0.4, -0.2) is 15.3 Å². The maximum atomic E-state index is 4.34. The Morgan fingerprint density at radius 2 is 2.35 bits per heavy atom. The van der Waals surface area contributed by atoms with Gasteiger partial charge in [0.2, 0.25) is 0 Å². The first-order valence-corrected chi connectivity index (χ1v) is 7.23. The number of rotatable bonds is 10. The SMILES string of the molecule is C=CCCCCCC(NCCC)c1cnsn1. The van der Waals surface area contributed by atoms with E-state index in [1.165, 1.54) is 31.0 Å². The van der Waals surface area contributed by atoms with Crippen molar-refractivity contribution < 1.29 is 0 Å². The van der Waals surface area contributed by atoms with Gasteiger partial charge in [-0.15, -0.1) is 6.58 Å². The number of nitrogens with zero attached hydrogens (tertiary/aromatic N) is 2. The molecule has 0 saturated carbocycles. The quantitative estimate of drug-likeness (QED) is 0.510. The smallest absolute Gasteiger partial charge is 0.0912 e. The summed E-state index contributed by atoms with van der Waals surface area (Å²) in [4.78, 5) is 0. The Hall–Kier alpha value is -0.740. The van der Waals surface area contributed by atoms with Crippen molar-refractivity contribution >= 4 is 11.7 Å². The summed E-state index contributed by atoms with van der Waals surface area (Å²) in [6.07, 6.45) is 11.1. The molecule has 0 aromatic carbocycles. The highest BCUT2D eigenvalue weighted by Crippen LogP contribution is 2.18. The van der Waals surface area contributed by atoms with Crippen LogP contribution in [0.25, 0.3) is 0 Å². The van der Waals surface area contributed by atoms with Gasteiger partial charge in [-0.3, -0.25) is 0 Å². The number of allylic oxidation sites excluding steroid dienone is 1. The van der Waals surface area contributed by atoms with E-state index in [2.05, 4.69) is 27.6 Å². The molecule has 1 aromatic heterocycles. The van der Waals surface area contributed by atoms with E-state index >= 15 is 0 Å². The van der Waals surface area contributed by atoms with E-state index in [1.807, 2.05) is 12.3 Å². The van der Waals surface area contributed by atoms with E-state index in [0.29, 0.717) is 6.04 Å². The number of hydrogen-bond acceptors (Lipinski definition) is 4. The Bertz CT molecular complexity index is 285. The average molecular weight is 253 g/mol. The fourth-order valence-electron chi connectivity index (χ4n) is 1.81. The lowest BCUT2D eigenvalue weighted by Crippen LogP contribution is -2.22. The van der Waals surface area contributed by atoms with Gasteiger partial charge >= 0.3 is 0 Å². The molecule has 1 aromatic rings. The molecule has 0 spiro atoms. The van der Waals surface area contributed by atoms with Crippen LogP contribution in [-0.2, 0) is 0 Å². The van der Waals surface area contributed by atoms with Crippen LogP contribution in [0.2, 0.25) is 0 Å². The van der Waals surface area contributed by atoms with Crippen LogP contribution in [0.4, 0.5) is 0 Å². The van der Waals surface area contributed by atoms with Crippen molar-refractivity contribution in [2.75, 3.05) is 6.54 Å². The van der Waals surface area contributed by atoms with Crippen molar-refractivity contribution in [2.45, 2.75) is 51.5 Å². The third-order valence-electron chi connectivity index (χ3n) is 2.78. The van der Waals surface area contributed by atoms with Gasteiger partial charge in [-0.2, -0.15) is 8.75 Å². The average Bonchev–Trinajstić information content (AvgIpc) is 2.86. The Kier molecular flexibility index (Phi) is 7.84. The molecular formula is C13H23N3S. The van der Waals surface area contributed by atoms with Crippen molar-refractivity contribution in [3.63, 3.8) is 0 Å². The minimum Gasteiger partial charge on any atom is -0.309 e. The molecule has 0 aliphatic rings. The Labute approximate surface area is 109 Å². The van der Waals surface area contributed by atoms with E-state index in [4.69, 9.17) is 0 Å². The summed E-state index contributed by atoms with van der Waals surface area (Å²) in [5, 5.41) is 3.55. The molecule has 96 valence electrons. The fourth-order valence-corrected chi connectivity index (χ4v) is 2.28. The number of nitrogens with one attached hydrogen (secondary N) is 1. The molecule has 0 fully saturated rings. The molecule has 0 bridgehead atoms. The maximum Gasteiger partial charge on any atom is 0.0912 e. The molecule has 1 unspecified atom stereocenters. The van der Waals surface area contributed by atoms with E-state index in [-0.39, 0.29) is 0 Å². The summed E-state index contributed by atoms with van der Waals surface area (Å²) in [5.41, 5.74) is 1.10. The first-order valence-electron chi connectivity index (χ1n) is 6.50. The summed E-state index contributed by atoms with van der Waals surface area (Å²) >= 11 is 1.30. The molecule has 1 N–H and O–H groups in total. The highest BCUT2D eigenvalue weighted by molar-refractivity contribution is 6.99. The molecule has 1 heterocycles. The second-order valence-electron chi connectivity index (χ2n) is 4.27. The van der Waals surface area contributed by atoms with Gasteiger partial charge in [0.05, 0.1) is 29.7 Å². The van der Waals surface area contributed by atoms with Gasteiger partial charge in [-0.05, 0) is 32.2 Å². The Balaban J connectivity index is 2.28. The predicted octanol–water partition coefficient (Wildman–Crippen LogP) is 3.72. The van der Waals surface area contributed by atoms with Crippen LogP contribution in [0.1, 0.15) is 57.2 Å². The van der Waals surface area contributed by atoms with E-state index in [9.17, 15) is 0 Å². The highest BCUT2D eigenvalue weighted by atomic mass is 32.1. The van der Waals surface area contributed by atoms with Crippen molar-refractivity contribution in [1.29, 1.82) is 0 Å². The van der Waals surface area contributed by atoms with Crippen LogP contribution >= 0.6 is 11.7 Å². The lowest BCUT2D eigenvalue weighted by molar-refractivity contribution is 0.465.